The van der Waals surface area contributed by atoms with Crippen LogP contribution < -0.4 is 15.2 Å². The topological polar surface area (TPSA) is 137 Å². The minimum Gasteiger partial charge on any atom is -0.490 e. The fourth-order valence-corrected chi connectivity index (χ4v) is 3.55. The van der Waals surface area contributed by atoms with E-state index in [1.54, 1.807) is 6.07 Å². The van der Waals surface area contributed by atoms with Crippen LogP contribution in [0, 0.1) is 6.92 Å². The van der Waals surface area contributed by atoms with Gasteiger partial charge in [-0.3, -0.25) is 0 Å². The first-order chi connectivity index (χ1) is 15.9. The standard InChI is InChI=1S/C24H27N3O6/c1-4-30-18-7-6-15(10-19(18)31-5-2)23-26-22(27-33-23)17-8-14(3)21-16(9-17)11-20(32-21)24(25,12-28)13-29/h6-11,28-29H,4-5,12-13,25H2,1-3H3. The third-order valence-electron chi connectivity index (χ3n) is 5.33. The van der Waals surface area contributed by atoms with Crippen molar-refractivity contribution in [2.75, 3.05) is 26.4 Å². The number of rotatable bonds is 9. The van der Waals surface area contributed by atoms with Gasteiger partial charge in [-0.15, -0.1) is 0 Å². The van der Waals surface area contributed by atoms with Crippen LogP contribution in [0.3, 0.4) is 0 Å². The lowest BCUT2D eigenvalue weighted by Gasteiger charge is -2.21. The number of aromatic nitrogens is 2. The molecule has 0 bridgehead atoms. The summed E-state index contributed by atoms with van der Waals surface area (Å²) in [5.41, 5.74) is 7.58. The lowest BCUT2D eigenvalue weighted by Crippen LogP contribution is -2.43. The Morgan fingerprint density at radius 1 is 0.970 bits per heavy atom. The number of nitrogens with zero attached hydrogens (tertiary/aromatic N) is 2. The first kappa shape index (κ1) is 22.8. The van der Waals surface area contributed by atoms with E-state index in [0.717, 1.165) is 16.5 Å². The van der Waals surface area contributed by atoms with Gasteiger partial charge < -0.3 is 34.4 Å². The lowest BCUT2D eigenvalue weighted by molar-refractivity contribution is 0.105. The van der Waals surface area contributed by atoms with Crippen LogP contribution in [0.25, 0.3) is 33.8 Å². The highest BCUT2D eigenvalue weighted by atomic mass is 16.5. The van der Waals surface area contributed by atoms with Crippen molar-refractivity contribution < 1.29 is 28.6 Å². The Morgan fingerprint density at radius 3 is 2.39 bits per heavy atom. The van der Waals surface area contributed by atoms with E-state index in [1.165, 1.54) is 0 Å². The Balaban J connectivity index is 1.70. The number of furan rings is 1. The maximum atomic E-state index is 9.58. The monoisotopic (exact) mass is 453 g/mol. The number of fused-ring (bicyclic) bond motifs is 1. The summed E-state index contributed by atoms with van der Waals surface area (Å²) in [5.74, 6) is 2.32. The van der Waals surface area contributed by atoms with E-state index in [1.807, 2.05) is 51.1 Å². The summed E-state index contributed by atoms with van der Waals surface area (Å²) in [6.45, 7) is 5.84. The number of aliphatic hydroxyl groups is 2. The molecule has 0 fully saturated rings. The van der Waals surface area contributed by atoms with Crippen molar-refractivity contribution in [3.05, 3.63) is 47.7 Å². The fourth-order valence-electron chi connectivity index (χ4n) is 3.55. The van der Waals surface area contributed by atoms with Crippen LogP contribution in [0.2, 0.25) is 0 Å². The van der Waals surface area contributed by atoms with Crippen molar-refractivity contribution in [1.29, 1.82) is 0 Å². The highest BCUT2D eigenvalue weighted by molar-refractivity contribution is 5.86. The predicted molar refractivity (Wildman–Crippen MR) is 122 cm³/mol. The van der Waals surface area contributed by atoms with Crippen molar-refractivity contribution in [3.63, 3.8) is 0 Å². The number of hydrogen-bond acceptors (Lipinski definition) is 9. The molecular formula is C24H27N3O6. The molecule has 0 radical (unpaired) electrons. The molecule has 2 aromatic heterocycles. The fraction of sp³-hybridized carbons (Fsp3) is 0.333. The van der Waals surface area contributed by atoms with Crippen LogP contribution in [0.4, 0.5) is 0 Å². The Kier molecular flexibility index (Phi) is 6.37. The molecule has 174 valence electrons. The minimum absolute atomic E-state index is 0.300. The molecule has 0 unspecified atom stereocenters. The molecule has 0 saturated carbocycles. The van der Waals surface area contributed by atoms with E-state index in [4.69, 9.17) is 24.1 Å². The van der Waals surface area contributed by atoms with Crippen LogP contribution in [-0.4, -0.2) is 46.8 Å². The van der Waals surface area contributed by atoms with Gasteiger partial charge in [-0.2, -0.15) is 4.98 Å². The molecular weight excluding hydrogens is 426 g/mol. The molecule has 4 aromatic rings. The van der Waals surface area contributed by atoms with E-state index in [9.17, 15) is 10.2 Å². The SMILES string of the molecule is CCOc1ccc(-c2nc(-c3cc(C)c4oc(C(N)(CO)CO)cc4c3)no2)cc1OCC. The first-order valence-corrected chi connectivity index (χ1v) is 10.7. The quantitative estimate of drug-likeness (QED) is 0.348. The van der Waals surface area contributed by atoms with Crippen molar-refractivity contribution >= 4 is 11.0 Å². The summed E-state index contributed by atoms with van der Waals surface area (Å²) in [4.78, 5) is 4.55. The summed E-state index contributed by atoms with van der Waals surface area (Å²) in [6, 6.07) is 10.9. The maximum absolute atomic E-state index is 9.58. The average molecular weight is 453 g/mol. The smallest absolute Gasteiger partial charge is 0.258 e. The van der Waals surface area contributed by atoms with Gasteiger partial charge in [0, 0.05) is 16.5 Å². The summed E-state index contributed by atoms with van der Waals surface area (Å²) in [5, 5.41) is 24.1. The number of aryl methyl sites for hydroxylation is 1. The molecule has 2 aromatic carbocycles. The van der Waals surface area contributed by atoms with Crippen LogP contribution in [0.5, 0.6) is 11.5 Å². The van der Waals surface area contributed by atoms with E-state index in [2.05, 4.69) is 10.1 Å². The van der Waals surface area contributed by atoms with Crippen molar-refractivity contribution in [3.8, 4) is 34.3 Å². The number of nitrogens with two attached hydrogens (primary N) is 1. The second-order valence-electron chi connectivity index (χ2n) is 7.75. The van der Waals surface area contributed by atoms with E-state index in [-0.39, 0.29) is 0 Å². The third-order valence-corrected chi connectivity index (χ3v) is 5.33. The van der Waals surface area contributed by atoms with Crippen molar-refractivity contribution in [2.24, 2.45) is 5.73 Å². The van der Waals surface area contributed by atoms with E-state index >= 15 is 0 Å². The third kappa shape index (κ3) is 4.30. The zero-order valence-corrected chi connectivity index (χ0v) is 18.8. The molecule has 0 amide bonds. The average Bonchev–Trinajstić information content (AvgIpc) is 3.48. The van der Waals surface area contributed by atoms with Crippen molar-refractivity contribution in [2.45, 2.75) is 26.3 Å². The zero-order chi connectivity index (χ0) is 23.6. The summed E-state index contributed by atoms with van der Waals surface area (Å²) in [6.07, 6.45) is 0. The van der Waals surface area contributed by atoms with E-state index in [0.29, 0.717) is 53.3 Å². The van der Waals surface area contributed by atoms with Crippen LogP contribution >= 0.6 is 0 Å². The molecule has 33 heavy (non-hydrogen) atoms. The van der Waals surface area contributed by atoms with Crippen LogP contribution in [0.1, 0.15) is 25.2 Å². The zero-order valence-electron chi connectivity index (χ0n) is 18.8. The Morgan fingerprint density at radius 2 is 1.70 bits per heavy atom. The summed E-state index contributed by atoms with van der Waals surface area (Å²) >= 11 is 0. The number of aliphatic hydroxyl groups excluding tert-OH is 2. The molecule has 0 aliphatic carbocycles. The van der Waals surface area contributed by atoms with Gasteiger partial charge in [0.1, 0.15) is 16.9 Å². The van der Waals surface area contributed by atoms with Gasteiger partial charge in [-0.05, 0) is 62.7 Å². The van der Waals surface area contributed by atoms with Gasteiger partial charge in [0.25, 0.3) is 5.89 Å². The molecule has 2 heterocycles. The molecule has 4 N–H and O–H groups in total. The largest absolute Gasteiger partial charge is 0.490 e. The second-order valence-corrected chi connectivity index (χ2v) is 7.75. The van der Waals surface area contributed by atoms with Gasteiger partial charge >= 0.3 is 0 Å². The van der Waals surface area contributed by atoms with Crippen molar-refractivity contribution in [1.82, 2.24) is 10.1 Å². The predicted octanol–water partition coefficient (Wildman–Crippen LogP) is 3.39. The second kappa shape index (κ2) is 9.22. The molecule has 0 spiro atoms. The molecule has 0 atom stereocenters. The number of benzene rings is 2. The highest BCUT2D eigenvalue weighted by Crippen LogP contribution is 2.35. The van der Waals surface area contributed by atoms with E-state index < -0.39 is 18.8 Å². The normalized spacial score (nSPS) is 11.8. The Labute approximate surface area is 190 Å². The molecule has 9 nitrogen and oxygen atoms in total. The Bertz CT molecular complexity index is 1260. The summed E-state index contributed by atoms with van der Waals surface area (Å²) in [7, 11) is 0. The van der Waals surface area contributed by atoms with Crippen LogP contribution in [0.15, 0.2) is 45.3 Å². The first-order valence-electron chi connectivity index (χ1n) is 10.7. The molecule has 9 heteroatoms. The van der Waals surface area contributed by atoms with Gasteiger partial charge in [0.2, 0.25) is 5.82 Å². The molecule has 0 aliphatic heterocycles. The summed E-state index contributed by atoms with van der Waals surface area (Å²) < 4.78 is 22.7. The van der Waals surface area contributed by atoms with Gasteiger partial charge in [-0.25, -0.2) is 0 Å². The minimum atomic E-state index is -1.36. The molecule has 0 aliphatic rings. The lowest BCUT2D eigenvalue weighted by atomic mass is 9.99. The van der Waals surface area contributed by atoms with Crippen LogP contribution in [-0.2, 0) is 5.54 Å². The maximum Gasteiger partial charge on any atom is 0.258 e. The highest BCUT2D eigenvalue weighted by Gasteiger charge is 2.30. The van der Waals surface area contributed by atoms with Gasteiger partial charge in [0.15, 0.2) is 11.5 Å². The number of ether oxygens (including phenoxy) is 2. The van der Waals surface area contributed by atoms with Gasteiger partial charge in [0.05, 0.1) is 26.4 Å². The molecule has 0 saturated heterocycles. The van der Waals surface area contributed by atoms with Gasteiger partial charge in [-0.1, -0.05) is 5.16 Å². The molecule has 4 rings (SSSR count). The number of hydrogen-bond donors (Lipinski definition) is 3. The Hall–Kier alpha value is -3.40.